The van der Waals surface area contributed by atoms with Crippen molar-refractivity contribution in [2.75, 3.05) is 24.3 Å². The molecule has 0 fully saturated rings. The van der Waals surface area contributed by atoms with Gasteiger partial charge in [0, 0.05) is 19.8 Å². The predicted molar refractivity (Wildman–Crippen MR) is 75.5 cm³/mol. The van der Waals surface area contributed by atoms with Crippen LogP contribution in [0.2, 0.25) is 0 Å². The molecule has 0 aliphatic heterocycles. The van der Waals surface area contributed by atoms with Crippen LogP contribution in [-0.2, 0) is 6.18 Å². The van der Waals surface area contributed by atoms with Crippen molar-refractivity contribution in [1.29, 1.82) is 0 Å². The molecule has 2 rings (SSSR count). The molecule has 0 atom stereocenters. The Hall–Kier alpha value is -2.17. The minimum Gasteiger partial charge on any atom is -0.376 e. The van der Waals surface area contributed by atoms with Crippen LogP contribution in [0.3, 0.4) is 0 Å². The third-order valence-corrected chi connectivity index (χ3v) is 2.88. The van der Waals surface area contributed by atoms with E-state index in [2.05, 4.69) is 5.32 Å². The Morgan fingerprint density at radius 1 is 0.900 bits per heavy atom. The first-order valence-corrected chi connectivity index (χ1v) is 6.08. The molecule has 0 bridgehead atoms. The molecular weight excluding hydrogens is 265 g/mol. The van der Waals surface area contributed by atoms with Crippen LogP contribution in [0.25, 0.3) is 0 Å². The van der Waals surface area contributed by atoms with Crippen LogP contribution in [0.5, 0.6) is 0 Å². The molecule has 20 heavy (non-hydrogen) atoms. The number of benzene rings is 2. The number of para-hydroxylation sites is 2. The van der Waals surface area contributed by atoms with Gasteiger partial charge in [-0.15, -0.1) is 0 Å². The van der Waals surface area contributed by atoms with E-state index in [-0.39, 0.29) is 0 Å². The monoisotopic (exact) mass is 280 g/mol. The highest BCUT2D eigenvalue weighted by Crippen LogP contribution is 2.31. The number of nitrogens with zero attached hydrogens (tertiary/aromatic N) is 1. The molecule has 2 aromatic rings. The molecule has 0 saturated heterocycles. The standard InChI is InChI=1S/C15H15F3N2/c1-20(2)14-6-4-3-5-13(14)19-12-9-7-11(8-10-12)15(16,17)18/h3-10,19H,1-2H3. The Morgan fingerprint density at radius 3 is 2.05 bits per heavy atom. The Bertz CT molecular complexity index is 574. The second kappa shape index (κ2) is 5.45. The highest BCUT2D eigenvalue weighted by Gasteiger charge is 2.29. The first-order chi connectivity index (χ1) is 9.38. The van der Waals surface area contributed by atoms with Crippen LogP contribution in [-0.4, -0.2) is 14.1 Å². The lowest BCUT2D eigenvalue weighted by Crippen LogP contribution is -2.10. The molecule has 106 valence electrons. The molecule has 2 aromatic carbocycles. The molecule has 1 N–H and O–H groups in total. The zero-order valence-electron chi connectivity index (χ0n) is 11.2. The highest BCUT2D eigenvalue weighted by atomic mass is 19.4. The lowest BCUT2D eigenvalue weighted by atomic mass is 10.2. The van der Waals surface area contributed by atoms with Gasteiger partial charge in [0.2, 0.25) is 0 Å². The second-order valence-electron chi connectivity index (χ2n) is 4.61. The van der Waals surface area contributed by atoms with Crippen LogP contribution < -0.4 is 10.2 Å². The number of anilines is 3. The summed E-state index contributed by atoms with van der Waals surface area (Å²) in [6, 6.07) is 12.6. The van der Waals surface area contributed by atoms with Crippen molar-refractivity contribution in [2.24, 2.45) is 0 Å². The van der Waals surface area contributed by atoms with E-state index >= 15 is 0 Å². The van der Waals surface area contributed by atoms with Gasteiger partial charge < -0.3 is 10.2 Å². The van der Waals surface area contributed by atoms with Crippen molar-refractivity contribution in [3.8, 4) is 0 Å². The summed E-state index contributed by atoms with van der Waals surface area (Å²) < 4.78 is 37.5. The predicted octanol–water partition coefficient (Wildman–Crippen LogP) is 4.52. The van der Waals surface area contributed by atoms with Crippen molar-refractivity contribution in [2.45, 2.75) is 6.18 Å². The maximum atomic E-state index is 12.5. The van der Waals surface area contributed by atoms with Gasteiger partial charge in [0.05, 0.1) is 16.9 Å². The normalized spacial score (nSPS) is 11.2. The number of nitrogens with one attached hydrogen (secondary N) is 1. The van der Waals surface area contributed by atoms with Crippen LogP contribution in [0.4, 0.5) is 30.2 Å². The minimum absolute atomic E-state index is 0.618. The van der Waals surface area contributed by atoms with E-state index in [0.717, 1.165) is 23.5 Å². The second-order valence-corrected chi connectivity index (χ2v) is 4.61. The average molecular weight is 280 g/mol. The summed E-state index contributed by atoms with van der Waals surface area (Å²) >= 11 is 0. The van der Waals surface area contributed by atoms with Gasteiger partial charge in [-0.05, 0) is 36.4 Å². The Morgan fingerprint density at radius 2 is 1.50 bits per heavy atom. The summed E-state index contributed by atoms with van der Waals surface area (Å²) in [5.74, 6) is 0. The number of halogens is 3. The van der Waals surface area contributed by atoms with E-state index in [1.165, 1.54) is 12.1 Å². The molecule has 0 amide bonds. The number of alkyl halides is 3. The lowest BCUT2D eigenvalue weighted by molar-refractivity contribution is -0.137. The first-order valence-electron chi connectivity index (χ1n) is 6.08. The smallest absolute Gasteiger partial charge is 0.376 e. The first kappa shape index (κ1) is 14.2. The summed E-state index contributed by atoms with van der Waals surface area (Å²) in [6.45, 7) is 0. The maximum absolute atomic E-state index is 12.5. The van der Waals surface area contributed by atoms with Crippen LogP contribution >= 0.6 is 0 Å². The quantitative estimate of drug-likeness (QED) is 0.889. The zero-order chi connectivity index (χ0) is 14.8. The topological polar surface area (TPSA) is 15.3 Å². The van der Waals surface area contributed by atoms with Crippen molar-refractivity contribution in [3.63, 3.8) is 0 Å². The van der Waals surface area contributed by atoms with Gasteiger partial charge >= 0.3 is 6.18 Å². The molecule has 0 aliphatic carbocycles. The van der Waals surface area contributed by atoms with Crippen molar-refractivity contribution < 1.29 is 13.2 Å². The fourth-order valence-corrected chi connectivity index (χ4v) is 1.87. The van der Waals surface area contributed by atoms with Crippen LogP contribution in [0.1, 0.15) is 5.56 Å². The number of hydrogen-bond acceptors (Lipinski definition) is 2. The summed E-state index contributed by atoms with van der Waals surface area (Å²) in [5, 5.41) is 3.12. The van der Waals surface area contributed by atoms with E-state index < -0.39 is 11.7 Å². The maximum Gasteiger partial charge on any atom is 0.416 e. The SMILES string of the molecule is CN(C)c1ccccc1Nc1ccc(C(F)(F)F)cc1. The Labute approximate surface area is 115 Å². The van der Waals surface area contributed by atoms with Gasteiger partial charge in [-0.25, -0.2) is 0 Å². The third kappa shape index (κ3) is 3.23. The minimum atomic E-state index is -4.31. The fraction of sp³-hybridized carbons (Fsp3) is 0.200. The summed E-state index contributed by atoms with van der Waals surface area (Å²) in [7, 11) is 3.82. The van der Waals surface area contributed by atoms with Gasteiger partial charge in [-0.2, -0.15) is 13.2 Å². The Kier molecular flexibility index (Phi) is 3.88. The van der Waals surface area contributed by atoms with E-state index in [4.69, 9.17) is 0 Å². The molecule has 5 heteroatoms. The van der Waals surface area contributed by atoms with E-state index in [1.807, 2.05) is 43.3 Å². The Balaban J connectivity index is 2.23. The molecule has 0 aliphatic rings. The van der Waals surface area contributed by atoms with Gasteiger partial charge in [-0.1, -0.05) is 12.1 Å². The van der Waals surface area contributed by atoms with Gasteiger partial charge in [-0.3, -0.25) is 0 Å². The number of rotatable bonds is 3. The van der Waals surface area contributed by atoms with Crippen LogP contribution in [0, 0.1) is 0 Å². The van der Waals surface area contributed by atoms with Crippen molar-refractivity contribution in [1.82, 2.24) is 0 Å². The zero-order valence-corrected chi connectivity index (χ0v) is 11.2. The highest BCUT2D eigenvalue weighted by molar-refractivity contribution is 5.74. The van der Waals surface area contributed by atoms with E-state index in [9.17, 15) is 13.2 Å². The summed E-state index contributed by atoms with van der Waals surface area (Å²) in [5.41, 5.74) is 1.78. The van der Waals surface area contributed by atoms with Gasteiger partial charge in [0.25, 0.3) is 0 Å². The molecule has 0 heterocycles. The molecule has 2 nitrogen and oxygen atoms in total. The molecule has 0 unspecified atom stereocenters. The number of hydrogen-bond donors (Lipinski definition) is 1. The molecule has 0 saturated carbocycles. The molecule has 0 radical (unpaired) electrons. The third-order valence-electron chi connectivity index (χ3n) is 2.88. The summed E-state index contributed by atoms with van der Waals surface area (Å²) in [6.07, 6.45) is -4.31. The van der Waals surface area contributed by atoms with Crippen LogP contribution in [0.15, 0.2) is 48.5 Å². The van der Waals surface area contributed by atoms with Crippen molar-refractivity contribution in [3.05, 3.63) is 54.1 Å². The molecule has 0 aromatic heterocycles. The van der Waals surface area contributed by atoms with E-state index in [1.54, 1.807) is 0 Å². The largest absolute Gasteiger partial charge is 0.416 e. The van der Waals surface area contributed by atoms with E-state index in [0.29, 0.717) is 5.69 Å². The average Bonchev–Trinajstić information content (AvgIpc) is 2.38. The van der Waals surface area contributed by atoms with Crippen molar-refractivity contribution >= 4 is 17.1 Å². The molecule has 0 spiro atoms. The van der Waals surface area contributed by atoms with Gasteiger partial charge in [0.15, 0.2) is 0 Å². The lowest BCUT2D eigenvalue weighted by Gasteiger charge is -2.18. The summed E-state index contributed by atoms with van der Waals surface area (Å²) in [4.78, 5) is 1.94. The van der Waals surface area contributed by atoms with Gasteiger partial charge in [0.1, 0.15) is 0 Å². The fourth-order valence-electron chi connectivity index (χ4n) is 1.87. The molecular formula is C15H15F3N2.